The minimum absolute atomic E-state index is 0.0846. The molecular formula is C21H12F5N3O3S. The number of hydrogen-bond donors (Lipinski definition) is 2. The molecule has 0 saturated carbocycles. The van der Waals surface area contributed by atoms with Gasteiger partial charge in [0.25, 0.3) is 10.0 Å². The van der Waals surface area contributed by atoms with Crippen LogP contribution in [-0.2, 0) is 16.2 Å². The van der Waals surface area contributed by atoms with E-state index in [2.05, 4.69) is 9.97 Å². The minimum Gasteiger partial charge on any atom is -0.345 e. The van der Waals surface area contributed by atoms with Gasteiger partial charge in [0.15, 0.2) is 5.82 Å². The van der Waals surface area contributed by atoms with Crippen LogP contribution in [-0.4, -0.2) is 24.2 Å². The summed E-state index contributed by atoms with van der Waals surface area (Å²) in [5.41, 5.74) is -2.61. The summed E-state index contributed by atoms with van der Waals surface area (Å²) in [5, 5.41) is 0.303. The van der Waals surface area contributed by atoms with E-state index < -0.39 is 55.3 Å². The fourth-order valence-electron chi connectivity index (χ4n) is 3.14. The predicted octanol–water partition coefficient (Wildman–Crippen LogP) is 4.89. The zero-order chi connectivity index (χ0) is 24.0. The number of fused-ring (bicyclic) bond motifs is 1. The number of H-pyrrole nitrogens is 1. The molecule has 0 saturated heterocycles. The summed E-state index contributed by atoms with van der Waals surface area (Å²) in [5.74, 6) is -3.76. The maximum absolute atomic E-state index is 15.1. The van der Waals surface area contributed by atoms with Gasteiger partial charge in [-0.1, -0.05) is 0 Å². The highest BCUT2D eigenvalue weighted by Gasteiger charge is 2.31. The number of carbonyl (C=O) groups is 1. The van der Waals surface area contributed by atoms with Crippen molar-refractivity contribution in [1.29, 1.82) is 0 Å². The van der Waals surface area contributed by atoms with Gasteiger partial charge in [0.1, 0.15) is 11.5 Å². The minimum atomic E-state index is -4.67. The van der Waals surface area contributed by atoms with Crippen molar-refractivity contribution >= 4 is 32.5 Å². The second kappa shape index (κ2) is 7.96. The Hall–Kier alpha value is -3.80. The Morgan fingerprint density at radius 1 is 1.00 bits per heavy atom. The van der Waals surface area contributed by atoms with E-state index in [1.165, 1.54) is 24.5 Å². The van der Waals surface area contributed by atoms with Crippen molar-refractivity contribution in [3.63, 3.8) is 0 Å². The Morgan fingerprint density at radius 2 is 1.70 bits per heavy atom. The Kier molecular flexibility index (Phi) is 5.40. The zero-order valence-electron chi connectivity index (χ0n) is 16.2. The molecule has 0 radical (unpaired) electrons. The number of nitrogens with one attached hydrogen (secondary N) is 2. The smallest absolute Gasteiger partial charge is 0.345 e. The first kappa shape index (κ1) is 22.4. The van der Waals surface area contributed by atoms with Crippen molar-refractivity contribution in [3.05, 3.63) is 89.2 Å². The van der Waals surface area contributed by atoms with E-state index in [1.807, 2.05) is 4.72 Å². The van der Waals surface area contributed by atoms with Crippen LogP contribution in [0.15, 0.2) is 65.8 Å². The van der Waals surface area contributed by atoms with Gasteiger partial charge in [-0.05, 0) is 48.5 Å². The first-order valence-electron chi connectivity index (χ1n) is 9.14. The van der Waals surface area contributed by atoms with Crippen LogP contribution in [0.1, 0.15) is 21.5 Å². The van der Waals surface area contributed by atoms with E-state index in [4.69, 9.17) is 0 Å². The fraction of sp³-hybridized carbons (Fsp3) is 0.0476. The molecule has 33 heavy (non-hydrogen) atoms. The number of halogens is 5. The topological polar surface area (TPSA) is 91.9 Å². The van der Waals surface area contributed by atoms with Crippen molar-refractivity contribution in [3.8, 4) is 0 Å². The lowest BCUT2D eigenvalue weighted by atomic mass is 10.0. The molecule has 0 bridgehead atoms. The molecule has 0 fully saturated rings. The van der Waals surface area contributed by atoms with Crippen molar-refractivity contribution in [2.75, 3.05) is 4.72 Å². The van der Waals surface area contributed by atoms with Crippen LogP contribution in [0.25, 0.3) is 11.0 Å². The Balaban J connectivity index is 1.70. The summed E-state index contributed by atoms with van der Waals surface area (Å²) in [6.07, 6.45) is -2.01. The number of aromatic amines is 1. The number of alkyl halides is 3. The van der Waals surface area contributed by atoms with Gasteiger partial charge in [0.2, 0.25) is 5.78 Å². The molecular weight excluding hydrogens is 469 g/mol. The van der Waals surface area contributed by atoms with Gasteiger partial charge in [0.05, 0.1) is 21.7 Å². The molecule has 6 nitrogen and oxygen atoms in total. The van der Waals surface area contributed by atoms with E-state index in [0.29, 0.717) is 41.4 Å². The number of aromatic nitrogens is 2. The lowest BCUT2D eigenvalue weighted by Gasteiger charge is -2.13. The zero-order valence-corrected chi connectivity index (χ0v) is 17.1. The molecule has 0 aliphatic heterocycles. The summed E-state index contributed by atoms with van der Waals surface area (Å²) >= 11 is 0. The summed E-state index contributed by atoms with van der Waals surface area (Å²) in [6, 6.07) is 6.99. The lowest BCUT2D eigenvalue weighted by Crippen LogP contribution is -2.17. The average Bonchev–Trinajstić information content (AvgIpc) is 3.19. The van der Waals surface area contributed by atoms with Gasteiger partial charge < -0.3 is 4.98 Å². The second-order valence-electron chi connectivity index (χ2n) is 6.84. The van der Waals surface area contributed by atoms with Gasteiger partial charge >= 0.3 is 6.18 Å². The number of anilines is 1. The van der Waals surface area contributed by atoms with E-state index in [0.717, 1.165) is 6.07 Å². The van der Waals surface area contributed by atoms with Gasteiger partial charge in [-0.15, -0.1) is 0 Å². The molecule has 0 unspecified atom stereocenters. The standard InChI is InChI=1S/C21H12F5N3O3S/c22-15-7-8-16(29-33(31,32)12-5-3-11(4-6-12)21(24,25)26)18(23)17(15)19(30)14-10-28-20-13(14)2-1-9-27-20/h1-10,29H,(H,27,28). The predicted molar refractivity (Wildman–Crippen MR) is 108 cm³/mol. The van der Waals surface area contributed by atoms with Gasteiger partial charge in [-0.3, -0.25) is 9.52 Å². The number of carbonyl (C=O) groups excluding carboxylic acids is 1. The maximum atomic E-state index is 15.1. The van der Waals surface area contributed by atoms with Gasteiger partial charge in [-0.25, -0.2) is 22.2 Å². The first-order valence-corrected chi connectivity index (χ1v) is 10.6. The number of rotatable bonds is 5. The lowest BCUT2D eigenvalue weighted by molar-refractivity contribution is -0.137. The number of hydrogen-bond acceptors (Lipinski definition) is 4. The Morgan fingerprint density at radius 3 is 2.36 bits per heavy atom. The SMILES string of the molecule is O=C(c1c(F)ccc(NS(=O)(=O)c2ccc(C(F)(F)F)cc2)c1F)c1c[nH]c2ncccc12. The number of ketones is 1. The first-order chi connectivity index (χ1) is 15.5. The summed E-state index contributed by atoms with van der Waals surface area (Å²) < 4.78 is 94.5. The molecule has 0 aliphatic carbocycles. The molecule has 0 atom stereocenters. The fourth-order valence-corrected chi connectivity index (χ4v) is 4.20. The number of pyridine rings is 1. The van der Waals surface area contributed by atoms with Gasteiger partial charge in [0, 0.05) is 23.3 Å². The average molecular weight is 481 g/mol. The van der Waals surface area contributed by atoms with E-state index in [1.54, 1.807) is 0 Å². The molecule has 12 heteroatoms. The van der Waals surface area contributed by atoms with Crippen LogP contribution in [0.4, 0.5) is 27.6 Å². The monoisotopic (exact) mass is 481 g/mol. The van der Waals surface area contributed by atoms with Gasteiger partial charge in [-0.2, -0.15) is 13.2 Å². The largest absolute Gasteiger partial charge is 0.416 e. The molecule has 0 spiro atoms. The molecule has 4 aromatic rings. The summed E-state index contributed by atoms with van der Waals surface area (Å²) in [4.78, 5) is 19.0. The van der Waals surface area contributed by atoms with Crippen LogP contribution in [0, 0.1) is 11.6 Å². The molecule has 2 aromatic carbocycles. The van der Waals surface area contributed by atoms with E-state index >= 15 is 4.39 Å². The molecule has 4 rings (SSSR count). The van der Waals surface area contributed by atoms with Crippen molar-refractivity contribution in [2.45, 2.75) is 11.1 Å². The highest BCUT2D eigenvalue weighted by Crippen LogP contribution is 2.31. The highest BCUT2D eigenvalue weighted by molar-refractivity contribution is 7.92. The molecule has 170 valence electrons. The summed E-state index contributed by atoms with van der Waals surface area (Å²) in [6.45, 7) is 0. The summed E-state index contributed by atoms with van der Waals surface area (Å²) in [7, 11) is -4.55. The van der Waals surface area contributed by atoms with Crippen molar-refractivity contribution in [1.82, 2.24) is 9.97 Å². The normalized spacial score (nSPS) is 12.2. The quantitative estimate of drug-likeness (QED) is 0.314. The Labute approximate surface area is 183 Å². The molecule has 2 aromatic heterocycles. The van der Waals surface area contributed by atoms with Crippen LogP contribution in [0.2, 0.25) is 0 Å². The van der Waals surface area contributed by atoms with Crippen LogP contribution >= 0.6 is 0 Å². The molecule has 2 heterocycles. The van der Waals surface area contributed by atoms with Crippen LogP contribution in [0.5, 0.6) is 0 Å². The third kappa shape index (κ3) is 4.16. The van der Waals surface area contributed by atoms with E-state index in [9.17, 15) is 30.8 Å². The Bertz CT molecular complexity index is 1480. The number of nitrogens with zero attached hydrogens (tertiary/aromatic N) is 1. The van der Waals surface area contributed by atoms with Crippen LogP contribution in [0.3, 0.4) is 0 Å². The van der Waals surface area contributed by atoms with Crippen LogP contribution < -0.4 is 4.72 Å². The third-order valence-corrected chi connectivity index (χ3v) is 6.13. The molecule has 2 N–H and O–H groups in total. The number of sulfonamides is 1. The molecule has 0 aliphatic rings. The highest BCUT2D eigenvalue weighted by atomic mass is 32.2. The molecule has 0 amide bonds. The van der Waals surface area contributed by atoms with E-state index in [-0.39, 0.29) is 5.56 Å². The second-order valence-corrected chi connectivity index (χ2v) is 8.53. The van der Waals surface area contributed by atoms with Crippen molar-refractivity contribution in [2.24, 2.45) is 0 Å². The number of benzene rings is 2. The maximum Gasteiger partial charge on any atom is 0.416 e. The third-order valence-electron chi connectivity index (χ3n) is 4.75. The van der Waals surface area contributed by atoms with Crippen molar-refractivity contribution < 1.29 is 35.2 Å².